The average Bonchev–Trinajstić information content (AvgIpc) is 3.04. The van der Waals surface area contributed by atoms with Crippen molar-refractivity contribution >= 4 is 44.9 Å². The monoisotopic (exact) mass is 682 g/mol. The van der Waals surface area contributed by atoms with Gasteiger partial charge < -0.3 is 25.4 Å². The molecule has 0 radical (unpaired) electrons. The van der Waals surface area contributed by atoms with Crippen molar-refractivity contribution in [2.45, 2.75) is 43.5 Å². The second-order valence-corrected chi connectivity index (χ2v) is 13.6. The Labute approximate surface area is 270 Å². The summed E-state index contributed by atoms with van der Waals surface area (Å²) in [4.78, 5) is 27.7. The van der Waals surface area contributed by atoms with Crippen LogP contribution in [0.4, 0.5) is 29.3 Å². The predicted molar refractivity (Wildman–Crippen MR) is 167 cm³/mol. The number of benzene rings is 3. The van der Waals surface area contributed by atoms with Crippen LogP contribution in [-0.4, -0.2) is 73.6 Å². The van der Waals surface area contributed by atoms with Gasteiger partial charge in [0.1, 0.15) is 11.9 Å². The maximum atomic E-state index is 13.5. The zero-order valence-electron chi connectivity index (χ0n) is 25.2. The van der Waals surface area contributed by atoms with Gasteiger partial charge in [-0.3, -0.25) is 4.79 Å². The third-order valence-corrected chi connectivity index (χ3v) is 9.69. The van der Waals surface area contributed by atoms with E-state index in [1.54, 1.807) is 13.0 Å². The second-order valence-electron chi connectivity index (χ2n) is 11.1. The van der Waals surface area contributed by atoms with Gasteiger partial charge in [0.2, 0.25) is 15.9 Å². The van der Waals surface area contributed by atoms with Gasteiger partial charge in [0.15, 0.2) is 0 Å². The van der Waals surface area contributed by atoms with E-state index in [1.165, 1.54) is 48.3 Å². The van der Waals surface area contributed by atoms with Crippen molar-refractivity contribution in [1.82, 2.24) is 9.21 Å². The van der Waals surface area contributed by atoms with Gasteiger partial charge >= 0.3 is 12.2 Å². The molecule has 3 N–H and O–H groups in total. The van der Waals surface area contributed by atoms with Crippen LogP contribution in [-0.2, 0) is 27.4 Å². The van der Waals surface area contributed by atoms with Crippen molar-refractivity contribution in [3.05, 3.63) is 82.9 Å². The van der Waals surface area contributed by atoms with Crippen LogP contribution in [0.5, 0.6) is 5.75 Å². The van der Waals surface area contributed by atoms with E-state index < -0.39 is 39.9 Å². The number of nitrogens with one attached hydrogen (secondary N) is 2. The lowest BCUT2D eigenvalue weighted by Crippen LogP contribution is -2.48. The number of sulfonamides is 1. The lowest BCUT2D eigenvalue weighted by Gasteiger charge is -2.33. The summed E-state index contributed by atoms with van der Waals surface area (Å²) < 4.78 is 72.8. The molecule has 15 heteroatoms. The van der Waals surface area contributed by atoms with Crippen LogP contribution in [0.25, 0.3) is 0 Å². The number of alkyl halides is 3. The SMILES string of the molecule is C[C@H](CO)N1C[C@H](C)[C@@H](CN(C)S(=O)(=O)c2ccc(Cl)cc2)Oc2ccc(NC(=O)Nc3ccc(C(F)(F)F)cc3)cc2CC1=O. The number of rotatable bonds is 8. The number of halogens is 4. The highest BCUT2D eigenvalue weighted by Crippen LogP contribution is 2.31. The van der Waals surface area contributed by atoms with Gasteiger partial charge in [-0.15, -0.1) is 0 Å². The van der Waals surface area contributed by atoms with Crippen molar-refractivity contribution in [3.8, 4) is 5.75 Å². The first-order valence-electron chi connectivity index (χ1n) is 14.3. The molecule has 4 rings (SSSR count). The molecule has 1 aliphatic heterocycles. The number of aliphatic hydroxyl groups is 1. The van der Waals surface area contributed by atoms with Crippen LogP contribution in [0, 0.1) is 5.92 Å². The highest BCUT2D eigenvalue weighted by molar-refractivity contribution is 7.89. The molecule has 3 amide bonds. The van der Waals surface area contributed by atoms with E-state index in [2.05, 4.69) is 10.6 Å². The number of urea groups is 1. The van der Waals surface area contributed by atoms with Crippen molar-refractivity contribution < 1.29 is 41.0 Å². The lowest BCUT2D eigenvalue weighted by atomic mass is 10.0. The summed E-state index contributed by atoms with van der Waals surface area (Å²) in [6, 6.07) is 13.1. The molecule has 0 spiro atoms. The summed E-state index contributed by atoms with van der Waals surface area (Å²) in [7, 11) is -2.50. The number of amides is 3. The zero-order chi connectivity index (χ0) is 33.8. The first-order chi connectivity index (χ1) is 21.6. The number of hydrogen-bond acceptors (Lipinski definition) is 6. The van der Waals surface area contributed by atoms with E-state index in [0.717, 1.165) is 28.6 Å². The van der Waals surface area contributed by atoms with E-state index >= 15 is 0 Å². The van der Waals surface area contributed by atoms with Crippen molar-refractivity contribution in [2.24, 2.45) is 5.92 Å². The maximum absolute atomic E-state index is 13.5. The molecule has 0 fully saturated rings. The van der Waals surface area contributed by atoms with Crippen LogP contribution in [0.2, 0.25) is 5.02 Å². The number of fused-ring (bicyclic) bond motifs is 1. The van der Waals surface area contributed by atoms with E-state index in [9.17, 15) is 36.3 Å². The molecule has 1 aliphatic rings. The molecule has 1 heterocycles. The number of hydrogen-bond donors (Lipinski definition) is 3. The largest absolute Gasteiger partial charge is 0.488 e. The van der Waals surface area contributed by atoms with Gasteiger partial charge in [0.05, 0.1) is 36.1 Å². The molecule has 0 aromatic heterocycles. The standard InChI is InChI=1S/C31H34ClF3N4O6S/c1-19-16-39(20(2)18-40)29(41)15-21-14-25(37-30(42)36-24-8-4-22(5-9-24)31(33,34)35)10-13-27(21)45-28(19)17-38(3)46(43,44)26-11-6-23(32)7-12-26/h4-14,19-20,28,40H,15-18H2,1-3H3,(H2,36,37,42)/t19-,20+,28+/m0/s1. The molecule has 3 aromatic rings. The Balaban J connectivity index is 1.58. The summed E-state index contributed by atoms with van der Waals surface area (Å²) in [5.41, 5.74) is -0.0519. The molecule has 0 aliphatic carbocycles. The molecule has 0 saturated heterocycles. The number of aliphatic hydroxyl groups excluding tert-OH is 1. The van der Waals surface area contributed by atoms with Crippen LogP contribution < -0.4 is 15.4 Å². The number of carbonyl (C=O) groups is 2. The summed E-state index contributed by atoms with van der Waals surface area (Å²) >= 11 is 5.93. The van der Waals surface area contributed by atoms with E-state index in [1.807, 2.05) is 6.92 Å². The highest BCUT2D eigenvalue weighted by Gasteiger charge is 2.34. The minimum absolute atomic E-state index is 0.0477. The number of anilines is 2. The molecule has 0 saturated carbocycles. The Morgan fingerprint density at radius 2 is 1.70 bits per heavy atom. The maximum Gasteiger partial charge on any atom is 0.416 e. The first-order valence-corrected chi connectivity index (χ1v) is 16.1. The third-order valence-electron chi connectivity index (χ3n) is 7.60. The van der Waals surface area contributed by atoms with Crippen molar-refractivity contribution in [3.63, 3.8) is 0 Å². The van der Waals surface area contributed by atoms with Crippen LogP contribution in [0.3, 0.4) is 0 Å². The Bertz CT molecular complexity index is 1660. The summed E-state index contributed by atoms with van der Waals surface area (Å²) in [5.74, 6) is -0.388. The molecular formula is C31H34ClF3N4O6S. The number of ether oxygens (including phenoxy) is 1. The van der Waals surface area contributed by atoms with Crippen LogP contribution in [0.15, 0.2) is 71.6 Å². The summed E-state index contributed by atoms with van der Waals surface area (Å²) in [5, 5.41) is 15.3. The van der Waals surface area contributed by atoms with Crippen molar-refractivity contribution in [1.29, 1.82) is 0 Å². The molecule has 248 valence electrons. The molecule has 0 bridgehead atoms. The molecule has 3 atom stereocenters. The predicted octanol–water partition coefficient (Wildman–Crippen LogP) is 5.47. The lowest BCUT2D eigenvalue weighted by molar-refractivity contribution is -0.137. The number of carbonyl (C=O) groups excluding carboxylic acids is 2. The fourth-order valence-corrected chi connectivity index (χ4v) is 6.21. The van der Waals surface area contributed by atoms with Gasteiger partial charge in [0, 0.05) is 41.5 Å². The molecule has 3 aromatic carbocycles. The van der Waals surface area contributed by atoms with Gasteiger partial charge in [-0.25, -0.2) is 13.2 Å². The fourth-order valence-electron chi connectivity index (χ4n) is 4.90. The normalized spacial score (nSPS) is 18.1. The number of likely N-dealkylation sites (N-methyl/N-ethyl adjacent to an activating group) is 1. The Kier molecular flexibility index (Phi) is 10.9. The summed E-state index contributed by atoms with van der Waals surface area (Å²) in [6.07, 6.45) is -5.39. The smallest absolute Gasteiger partial charge is 0.416 e. The highest BCUT2D eigenvalue weighted by atomic mass is 35.5. The van der Waals surface area contributed by atoms with Gasteiger partial charge in [-0.2, -0.15) is 17.5 Å². The first kappa shape index (κ1) is 35.0. The van der Waals surface area contributed by atoms with Crippen LogP contribution >= 0.6 is 11.6 Å². The fraction of sp³-hybridized carbons (Fsp3) is 0.355. The number of nitrogens with zero attached hydrogens (tertiary/aromatic N) is 2. The topological polar surface area (TPSA) is 128 Å². The van der Waals surface area contributed by atoms with Gasteiger partial charge in [0.25, 0.3) is 0 Å². The van der Waals surface area contributed by atoms with Crippen LogP contribution in [0.1, 0.15) is 25.0 Å². The van der Waals surface area contributed by atoms with Crippen molar-refractivity contribution in [2.75, 3.05) is 37.4 Å². The zero-order valence-corrected chi connectivity index (χ0v) is 26.8. The second kappa shape index (κ2) is 14.3. The molecule has 10 nitrogen and oxygen atoms in total. The minimum Gasteiger partial charge on any atom is -0.488 e. The molecular weight excluding hydrogens is 649 g/mol. The van der Waals surface area contributed by atoms with Gasteiger partial charge in [-0.1, -0.05) is 18.5 Å². The summed E-state index contributed by atoms with van der Waals surface area (Å²) in [6.45, 7) is 3.32. The molecule has 46 heavy (non-hydrogen) atoms. The third kappa shape index (κ3) is 8.49. The Hall–Kier alpha value is -3.85. The minimum atomic E-state index is -4.51. The quantitative estimate of drug-likeness (QED) is 0.289. The van der Waals surface area contributed by atoms with Gasteiger partial charge in [-0.05, 0) is 73.7 Å². The average molecular weight is 683 g/mol. The van der Waals surface area contributed by atoms with E-state index in [4.69, 9.17) is 16.3 Å². The van der Waals surface area contributed by atoms with E-state index in [-0.39, 0.29) is 54.2 Å². The van der Waals surface area contributed by atoms with E-state index in [0.29, 0.717) is 16.3 Å². The Morgan fingerprint density at radius 1 is 1.09 bits per heavy atom. The Morgan fingerprint density at radius 3 is 2.30 bits per heavy atom. The molecule has 0 unspecified atom stereocenters.